The lowest BCUT2D eigenvalue weighted by Crippen LogP contribution is -2.41. The molecule has 3 fully saturated rings. The number of hydrogen-bond acceptors (Lipinski definition) is 4. The fourth-order valence-corrected chi connectivity index (χ4v) is 4.34. The van der Waals surface area contributed by atoms with Crippen molar-refractivity contribution in [3.8, 4) is 0 Å². The molecule has 0 aromatic heterocycles. The molecule has 1 aliphatic carbocycles. The van der Waals surface area contributed by atoms with Gasteiger partial charge in [-0.3, -0.25) is 0 Å². The second kappa shape index (κ2) is 10.2. The maximum Gasteiger partial charge on any atom is 0.488 e. The molecule has 0 N–H and O–H groups in total. The average Bonchev–Trinajstić information content (AvgIpc) is 3.35. The largest absolute Gasteiger partial charge is 0.488 e. The van der Waals surface area contributed by atoms with Gasteiger partial charge in [-0.2, -0.15) is 0 Å². The van der Waals surface area contributed by atoms with E-state index >= 15 is 0 Å². The molecule has 5 nitrogen and oxygen atoms in total. The van der Waals surface area contributed by atoms with Gasteiger partial charge in [-0.05, 0) is 57.9 Å². The molecule has 0 atom stereocenters. The molecule has 165 valence electrons. The van der Waals surface area contributed by atoms with Gasteiger partial charge in [0, 0.05) is 13.1 Å². The molecule has 0 spiro atoms. The molecule has 0 bridgehead atoms. The summed E-state index contributed by atoms with van der Waals surface area (Å²) in [6.45, 7) is 10.2. The van der Waals surface area contributed by atoms with Gasteiger partial charge in [-0.25, -0.2) is 4.79 Å². The third-order valence-electron chi connectivity index (χ3n) is 7.20. The van der Waals surface area contributed by atoms with Crippen LogP contribution in [0, 0.1) is 11.8 Å². The Morgan fingerprint density at radius 2 is 1.50 bits per heavy atom. The number of amides is 1. The van der Waals surface area contributed by atoms with Gasteiger partial charge < -0.3 is 18.9 Å². The van der Waals surface area contributed by atoms with Crippen LogP contribution in [0.4, 0.5) is 4.79 Å². The zero-order chi connectivity index (χ0) is 21.6. The van der Waals surface area contributed by atoms with Crippen molar-refractivity contribution in [2.45, 2.75) is 84.0 Å². The van der Waals surface area contributed by atoms with E-state index in [1.807, 2.05) is 62.9 Å². The van der Waals surface area contributed by atoms with Crippen molar-refractivity contribution < 1.29 is 18.8 Å². The van der Waals surface area contributed by atoms with Gasteiger partial charge in [0.25, 0.3) is 0 Å². The highest BCUT2D eigenvalue weighted by molar-refractivity contribution is 6.19. The molecule has 1 saturated carbocycles. The Kier molecular flexibility index (Phi) is 7.86. The molecular weight excluding hydrogens is 377 g/mol. The van der Waals surface area contributed by atoms with Gasteiger partial charge >= 0.3 is 13.8 Å². The molecule has 6 heteroatoms. The summed E-state index contributed by atoms with van der Waals surface area (Å²) in [5.74, 6) is 1.76. The highest BCUT2D eigenvalue weighted by atomic mass is 16.7. The third-order valence-corrected chi connectivity index (χ3v) is 7.20. The highest BCUT2D eigenvalue weighted by Crippen LogP contribution is 2.37. The number of ether oxygens (including phenoxy) is 1. The molecular formula is C24H37BNO4. The molecule has 0 unspecified atom stereocenters. The molecule has 2 saturated heterocycles. The second-order valence-corrected chi connectivity index (χ2v) is 9.76. The summed E-state index contributed by atoms with van der Waals surface area (Å²) >= 11 is 0. The first-order valence-corrected chi connectivity index (χ1v) is 11.4. The van der Waals surface area contributed by atoms with Crippen LogP contribution >= 0.6 is 0 Å². The normalized spacial score (nSPS) is 23.4. The van der Waals surface area contributed by atoms with Crippen LogP contribution in [0.15, 0.2) is 30.3 Å². The number of rotatable bonds is 3. The Balaban J connectivity index is 0.000000239. The SMILES string of the molecule is CC1(C)O[B]OC1(C)C.O=C(OCc1ccccc1)N1CCC(C2CCCC2)CC1. The van der Waals surface area contributed by atoms with Crippen LogP contribution < -0.4 is 0 Å². The third kappa shape index (κ3) is 6.01. The summed E-state index contributed by atoms with van der Waals surface area (Å²) in [6.07, 6.45) is 7.79. The van der Waals surface area contributed by atoms with Crippen molar-refractivity contribution in [3.05, 3.63) is 35.9 Å². The molecule has 1 aromatic carbocycles. The number of nitrogens with zero attached hydrogens (tertiary/aromatic N) is 1. The summed E-state index contributed by atoms with van der Waals surface area (Å²) in [4.78, 5) is 14.0. The molecule has 3 aliphatic rings. The summed E-state index contributed by atoms with van der Waals surface area (Å²) < 4.78 is 15.8. The minimum Gasteiger partial charge on any atom is -0.445 e. The van der Waals surface area contributed by atoms with Crippen LogP contribution in [0.1, 0.15) is 71.8 Å². The predicted molar refractivity (Wildman–Crippen MR) is 119 cm³/mol. The summed E-state index contributed by atoms with van der Waals surface area (Å²) in [5, 5.41) is 0. The minimum atomic E-state index is -0.188. The smallest absolute Gasteiger partial charge is 0.445 e. The van der Waals surface area contributed by atoms with Crippen LogP contribution in [-0.4, -0.2) is 43.0 Å². The van der Waals surface area contributed by atoms with Crippen LogP contribution in [-0.2, 0) is 20.7 Å². The van der Waals surface area contributed by atoms with Crippen LogP contribution in [0.3, 0.4) is 0 Å². The van der Waals surface area contributed by atoms with E-state index in [1.54, 1.807) is 0 Å². The maximum atomic E-state index is 12.1. The Bertz CT molecular complexity index is 651. The molecule has 30 heavy (non-hydrogen) atoms. The van der Waals surface area contributed by atoms with Gasteiger partial charge in [-0.15, -0.1) is 0 Å². The lowest BCUT2D eigenvalue weighted by Gasteiger charge is -2.34. The molecule has 1 radical (unpaired) electrons. The molecule has 2 aliphatic heterocycles. The van der Waals surface area contributed by atoms with E-state index in [-0.39, 0.29) is 17.3 Å². The number of hydrogen-bond donors (Lipinski definition) is 0. The topological polar surface area (TPSA) is 48.0 Å². The monoisotopic (exact) mass is 414 g/mol. The van der Waals surface area contributed by atoms with Gasteiger partial charge in [0.05, 0.1) is 11.2 Å². The zero-order valence-corrected chi connectivity index (χ0v) is 19.1. The van der Waals surface area contributed by atoms with Crippen LogP contribution in [0.25, 0.3) is 0 Å². The highest BCUT2D eigenvalue weighted by Gasteiger charge is 2.44. The first kappa shape index (κ1) is 23.1. The van der Waals surface area contributed by atoms with Crippen LogP contribution in [0.2, 0.25) is 0 Å². The average molecular weight is 414 g/mol. The van der Waals surface area contributed by atoms with E-state index in [0.717, 1.165) is 43.3 Å². The van der Waals surface area contributed by atoms with Gasteiger partial charge in [0.1, 0.15) is 6.61 Å². The van der Waals surface area contributed by atoms with E-state index in [0.29, 0.717) is 6.61 Å². The Labute approximate surface area is 182 Å². The Morgan fingerprint density at radius 1 is 0.967 bits per heavy atom. The van der Waals surface area contributed by atoms with E-state index in [4.69, 9.17) is 14.0 Å². The standard InChI is InChI=1S/C18H25NO2.C6H12BO2/c20-18(21-14-15-6-2-1-3-7-15)19-12-10-17(11-13-19)16-8-4-5-9-16;1-5(2)6(3,4)9-7-8-5/h1-3,6-7,16-17H,4-5,8-14H2;1-4H3. The Morgan fingerprint density at radius 3 is 2.00 bits per heavy atom. The lowest BCUT2D eigenvalue weighted by atomic mass is 9.83. The summed E-state index contributed by atoms with van der Waals surface area (Å²) in [7, 11) is 1.42. The van der Waals surface area contributed by atoms with Crippen molar-refractivity contribution >= 4 is 13.8 Å². The van der Waals surface area contributed by atoms with Crippen molar-refractivity contribution in [2.24, 2.45) is 11.8 Å². The first-order valence-electron chi connectivity index (χ1n) is 11.4. The van der Waals surface area contributed by atoms with E-state index in [2.05, 4.69) is 0 Å². The molecule has 1 amide bonds. The van der Waals surface area contributed by atoms with Crippen LogP contribution in [0.5, 0.6) is 0 Å². The van der Waals surface area contributed by atoms with E-state index in [9.17, 15) is 4.79 Å². The van der Waals surface area contributed by atoms with Gasteiger partial charge in [0.2, 0.25) is 0 Å². The summed E-state index contributed by atoms with van der Waals surface area (Å²) in [5.41, 5.74) is 0.673. The minimum absolute atomic E-state index is 0.149. The van der Waals surface area contributed by atoms with Crippen molar-refractivity contribution in [3.63, 3.8) is 0 Å². The fraction of sp³-hybridized carbons (Fsp3) is 0.708. The predicted octanol–water partition coefficient (Wildman–Crippen LogP) is 5.35. The number of carbonyl (C=O) groups excluding carboxylic acids is 1. The fourth-order valence-electron chi connectivity index (χ4n) is 4.34. The zero-order valence-electron chi connectivity index (χ0n) is 19.1. The van der Waals surface area contributed by atoms with Crippen molar-refractivity contribution in [1.82, 2.24) is 4.90 Å². The number of carbonyl (C=O) groups is 1. The number of benzene rings is 1. The second-order valence-electron chi connectivity index (χ2n) is 9.76. The van der Waals surface area contributed by atoms with E-state index in [1.165, 1.54) is 33.4 Å². The quantitative estimate of drug-likeness (QED) is 0.626. The van der Waals surface area contributed by atoms with E-state index < -0.39 is 0 Å². The molecule has 2 heterocycles. The first-order chi connectivity index (χ1) is 14.3. The van der Waals surface area contributed by atoms with Gasteiger partial charge in [-0.1, -0.05) is 56.0 Å². The van der Waals surface area contributed by atoms with Crippen molar-refractivity contribution in [1.29, 1.82) is 0 Å². The maximum absolute atomic E-state index is 12.1. The molecule has 1 aromatic rings. The Hall–Kier alpha value is -1.53. The van der Waals surface area contributed by atoms with Gasteiger partial charge in [0.15, 0.2) is 0 Å². The molecule has 4 rings (SSSR count). The summed E-state index contributed by atoms with van der Waals surface area (Å²) in [6, 6.07) is 9.88. The van der Waals surface area contributed by atoms with Crippen molar-refractivity contribution in [2.75, 3.05) is 13.1 Å². The number of likely N-dealkylation sites (tertiary alicyclic amines) is 1. The number of piperidine rings is 1. The lowest BCUT2D eigenvalue weighted by molar-refractivity contribution is 0.00578.